The average Bonchev–Trinajstić information content (AvgIpc) is 2.69. The van der Waals surface area contributed by atoms with Gasteiger partial charge in [-0.1, -0.05) is 66.2 Å². The molecule has 0 bridgehead atoms. The van der Waals surface area contributed by atoms with Gasteiger partial charge in [-0.05, 0) is 41.7 Å². The lowest BCUT2D eigenvalue weighted by atomic mass is 9.99. The van der Waals surface area contributed by atoms with Crippen LogP contribution >= 0.6 is 0 Å². The van der Waals surface area contributed by atoms with Gasteiger partial charge in [0.15, 0.2) is 0 Å². The van der Waals surface area contributed by atoms with Crippen molar-refractivity contribution in [3.8, 4) is 11.1 Å². The molecule has 0 N–H and O–H groups in total. The fourth-order valence-electron chi connectivity index (χ4n) is 3.58. The Kier molecular flexibility index (Phi) is 4.94. The average molecular weight is 340 g/mol. The third-order valence-corrected chi connectivity index (χ3v) is 4.99. The maximum Gasteiger partial charge on any atom is 0.0346 e. The Morgan fingerprint density at radius 2 is 1.73 bits per heavy atom. The molecule has 26 heavy (non-hydrogen) atoms. The molecule has 0 amide bonds. The van der Waals surface area contributed by atoms with Crippen molar-refractivity contribution < 1.29 is 0 Å². The third-order valence-electron chi connectivity index (χ3n) is 4.99. The molecule has 2 nitrogen and oxygen atoms in total. The lowest BCUT2D eigenvalue weighted by Crippen LogP contribution is -2.28. The summed E-state index contributed by atoms with van der Waals surface area (Å²) in [4.78, 5) is 6.97. The first-order chi connectivity index (χ1) is 12.8. The van der Waals surface area contributed by atoms with Gasteiger partial charge in [-0.2, -0.15) is 0 Å². The third kappa shape index (κ3) is 3.92. The second-order valence-electron chi connectivity index (χ2n) is 7.03. The Labute approximate surface area is 155 Å². The number of nitrogens with zero attached hydrogens (tertiary/aromatic N) is 2. The predicted octanol–water partition coefficient (Wildman–Crippen LogP) is 5.35. The number of pyridine rings is 1. The number of hydrogen-bond acceptors (Lipinski definition) is 2. The summed E-state index contributed by atoms with van der Waals surface area (Å²) in [6, 6.07) is 21.6. The molecule has 0 aliphatic carbocycles. The Bertz CT molecular complexity index is 912. The van der Waals surface area contributed by atoms with Gasteiger partial charge in [0.25, 0.3) is 0 Å². The van der Waals surface area contributed by atoms with Crippen molar-refractivity contribution in [2.45, 2.75) is 19.9 Å². The first-order valence-electron chi connectivity index (χ1n) is 9.26. The predicted molar refractivity (Wildman–Crippen MR) is 109 cm³/mol. The minimum atomic E-state index is 0.950. The van der Waals surface area contributed by atoms with Crippen LogP contribution in [0.4, 0.5) is 0 Å². The highest BCUT2D eigenvalue weighted by Crippen LogP contribution is 2.24. The zero-order valence-corrected chi connectivity index (χ0v) is 15.2. The molecule has 0 radical (unpaired) electrons. The Balaban J connectivity index is 1.46. The Hall–Kier alpha value is -2.71. The van der Waals surface area contributed by atoms with E-state index in [1.807, 2.05) is 12.4 Å². The van der Waals surface area contributed by atoms with E-state index in [-0.39, 0.29) is 0 Å². The minimum Gasteiger partial charge on any atom is -0.295 e. The van der Waals surface area contributed by atoms with E-state index in [1.165, 1.54) is 33.4 Å². The van der Waals surface area contributed by atoms with Crippen LogP contribution < -0.4 is 0 Å². The molecule has 1 aliphatic rings. The minimum absolute atomic E-state index is 0.950. The fraction of sp³-hybridized carbons (Fsp3) is 0.208. The normalized spacial score (nSPS) is 14.9. The van der Waals surface area contributed by atoms with Crippen LogP contribution in [-0.2, 0) is 6.54 Å². The van der Waals surface area contributed by atoms with E-state index < -0.39 is 0 Å². The van der Waals surface area contributed by atoms with Gasteiger partial charge in [0.2, 0.25) is 0 Å². The topological polar surface area (TPSA) is 16.1 Å². The molecule has 2 heteroatoms. The summed E-state index contributed by atoms with van der Waals surface area (Å²) in [5.74, 6) is 0. The van der Waals surface area contributed by atoms with Gasteiger partial charge < -0.3 is 0 Å². The highest BCUT2D eigenvalue weighted by Gasteiger charge is 2.13. The number of benzene rings is 2. The molecule has 4 rings (SSSR count). The van der Waals surface area contributed by atoms with E-state index in [4.69, 9.17) is 0 Å². The standard InChI is InChI=1S/C24H24N2/c1-19-6-5-9-23(14-19)24-15-20(16-25-17-24)18-26-12-10-22(11-13-26)21-7-3-2-4-8-21/h2-10,14-17H,11-13,18H2,1H3. The zero-order chi connectivity index (χ0) is 17.8. The highest BCUT2D eigenvalue weighted by atomic mass is 15.1. The molecule has 0 saturated heterocycles. The number of aryl methyl sites for hydroxylation is 1. The molecule has 3 aromatic rings. The highest BCUT2D eigenvalue weighted by molar-refractivity contribution is 5.66. The van der Waals surface area contributed by atoms with Crippen molar-refractivity contribution in [1.82, 2.24) is 9.88 Å². The van der Waals surface area contributed by atoms with Gasteiger partial charge in [-0.25, -0.2) is 0 Å². The van der Waals surface area contributed by atoms with Crippen molar-refractivity contribution >= 4 is 5.57 Å². The second-order valence-corrected chi connectivity index (χ2v) is 7.03. The van der Waals surface area contributed by atoms with Crippen LogP contribution in [0.5, 0.6) is 0 Å². The van der Waals surface area contributed by atoms with Crippen LogP contribution in [0.3, 0.4) is 0 Å². The lowest BCUT2D eigenvalue weighted by Gasteiger charge is -2.26. The molecule has 0 fully saturated rings. The van der Waals surface area contributed by atoms with Gasteiger partial charge >= 0.3 is 0 Å². The zero-order valence-electron chi connectivity index (χ0n) is 15.2. The molecule has 130 valence electrons. The van der Waals surface area contributed by atoms with Crippen molar-refractivity contribution in [3.63, 3.8) is 0 Å². The van der Waals surface area contributed by atoms with Gasteiger partial charge in [-0.15, -0.1) is 0 Å². The number of aromatic nitrogens is 1. The van der Waals surface area contributed by atoms with E-state index in [2.05, 4.69) is 83.5 Å². The van der Waals surface area contributed by atoms with Crippen molar-refractivity contribution in [2.75, 3.05) is 13.1 Å². The Morgan fingerprint density at radius 1 is 0.885 bits per heavy atom. The van der Waals surface area contributed by atoms with Crippen LogP contribution in [0, 0.1) is 6.92 Å². The molecule has 0 saturated carbocycles. The molecule has 0 spiro atoms. The molecule has 1 aliphatic heterocycles. The smallest absolute Gasteiger partial charge is 0.0346 e. The SMILES string of the molecule is Cc1cccc(-c2cncc(CN3CC=C(c4ccccc4)CC3)c2)c1. The van der Waals surface area contributed by atoms with E-state index in [0.29, 0.717) is 0 Å². The molecular formula is C24H24N2. The van der Waals surface area contributed by atoms with Gasteiger partial charge in [0.1, 0.15) is 0 Å². The van der Waals surface area contributed by atoms with E-state index in [1.54, 1.807) is 0 Å². The van der Waals surface area contributed by atoms with Crippen LogP contribution in [0.2, 0.25) is 0 Å². The van der Waals surface area contributed by atoms with E-state index >= 15 is 0 Å². The summed E-state index contributed by atoms with van der Waals surface area (Å²) in [5.41, 5.74) is 7.82. The van der Waals surface area contributed by atoms with Gasteiger partial charge in [-0.3, -0.25) is 9.88 Å². The maximum absolute atomic E-state index is 4.48. The van der Waals surface area contributed by atoms with Gasteiger partial charge in [0.05, 0.1) is 0 Å². The number of rotatable bonds is 4. The molecule has 0 unspecified atom stereocenters. The van der Waals surface area contributed by atoms with Crippen molar-refractivity contribution in [2.24, 2.45) is 0 Å². The van der Waals surface area contributed by atoms with Crippen LogP contribution in [0.25, 0.3) is 16.7 Å². The molecular weight excluding hydrogens is 316 g/mol. The molecule has 1 aromatic heterocycles. The largest absolute Gasteiger partial charge is 0.295 e. The molecule has 0 atom stereocenters. The quantitative estimate of drug-likeness (QED) is 0.637. The lowest BCUT2D eigenvalue weighted by molar-refractivity contribution is 0.293. The maximum atomic E-state index is 4.48. The number of hydrogen-bond donors (Lipinski definition) is 0. The molecule has 2 heterocycles. The fourth-order valence-corrected chi connectivity index (χ4v) is 3.58. The summed E-state index contributed by atoms with van der Waals surface area (Å²) < 4.78 is 0. The van der Waals surface area contributed by atoms with Crippen molar-refractivity contribution in [1.29, 1.82) is 0 Å². The monoisotopic (exact) mass is 340 g/mol. The van der Waals surface area contributed by atoms with E-state index in [9.17, 15) is 0 Å². The van der Waals surface area contributed by atoms with E-state index in [0.717, 1.165) is 26.1 Å². The Morgan fingerprint density at radius 3 is 2.50 bits per heavy atom. The first-order valence-corrected chi connectivity index (χ1v) is 9.26. The molecule has 2 aromatic carbocycles. The summed E-state index contributed by atoms with van der Waals surface area (Å²) in [5, 5.41) is 0. The van der Waals surface area contributed by atoms with Crippen LogP contribution in [-0.4, -0.2) is 23.0 Å². The van der Waals surface area contributed by atoms with Gasteiger partial charge in [0, 0.05) is 37.6 Å². The summed E-state index contributed by atoms with van der Waals surface area (Å²) >= 11 is 0. The summed E-state index contributed by atoms with van der Waals surface area (Å²) in [6.45, 7) is 5.17. The van der Waals surface area contributed by atoms with Crippen molar-refractivity contribution in [3.05, 3.63) is 95.8 Å². The summed E-state index contributed by atoms with van der Waals surface area (Å²) in [7, 11) is 0. The second kappa shape index (κ2) is 7.67. The summed E-state index contributed by atoms with van der Waals surface area (Å²) in [6.07, 6.45) is 7.43. The van der Waals surface area contributed by atoms with Crippen LogP contribution in [0.1, 0.15) is 23.1 Å². The first kappa shape index (κ1) is 16.7. The van der Waals surface area contributed by atoms with Crippen LogP contribution in [0.15, 0.2) is 79.1 Å².